The van der Waals surface area contributed by atoms with Gasteiger partial charge in [0.05, 0.1) is 0 Å². The van der Waals surface area contributed by atoms with Crippen LogP contribution in [0.5, 0.6) is 0 Å². The van der Waals surface area contributed by atoms with Crippen LogP contribution in [0, 0.1) is 6.92 Å². The van der Waals surface area contributed by atoms with Crippen molar-refractivity contribution >= 4 is 0 Å². The van der Waals surface area contributed by atoms with E-state index >= 15 is 0 Å². The van der Waals surface area contributed by atoms with Gasteiger partial charge in [0.1, 0.15) is 0 Å². The lowest BCUT2D eigenvalue weighted by atomic mass is 10.1. The van der Waals surface area contributed by atoms with E-state index in [9.17, 15) is 26.3 Å². The molecule has 2 unspecified atom stereocenters. The summed E-state index contributed by atoms with van der Waals surface area (Å²) in [6.07, 6.45) is -15.3. The van der Waals surface area contributed by atoms with Crippen molar-refractivity contribution in [2.24, 2.45) is 0 Å². The Balaban J connectivity index is 2.40. The normalized spacial score (nSPS) is 15.1. The largest absolute Gasteiger partial charge is 0.418 e. The second kappa shape index (κ2) is 6.84. The number of aryl methyl sites for hydroxylation is 1. The van der Waals surface area contributed by atoms with Crippen LogP contribution in [0.25, 0.3) is 0 Å². The van der Waals surface area contributed by atoms with E-state index in [0.717, 1.165) is 24.3 Å². The first-order valence-corrected chi connectivity index (χ1v) is 6.99. The molecule has 0 bridgehead atoms. The predicted octanol–water partition coefficient (Wildman–Crippen LogP) is 5.92. The molecular formula is C17H14F6O. The number of hydrogen-bond acceptors (Lipinski definition) is 1. The van der Waals surface area contributed by atoms with Crippen molar-refractivity contribution in [2.75, 3.05) is 0 Å². The first-order chi connectivity index (χ1) is 11.1. The molecule has 0 N–H and O–H groups in total. The third-order valence-electron chi connectivity index (χ3n) is 3.35. The minimum Gasteiger partial charge on any atom is -0.347 e. The minimum atomic E-state index is -4.98. The highest BCUT2D eigenvalue weighted by Crippen LogP contribution is 2.44. The average molecular weight is 348 g/mol. The number of alkyl halides is 6. The van der Waals surface area contributed by atoms with E-state index in [1.54, 1.807) is 6.92 Å². The van der Waals surface area contributed by atoms with Crippen molar-refractivity contribution < 1.29 is 31.1 Å². The van der Waals surface area contributed by atoms with E-state index in [2.05, 4.69) is 4.74 Å². The highest BCUT2D eigenvalue weighted by molar-refractivity contribution is 5.25. The van der Waals surface area contributed by atoms with E-state index in [0.29, 0.717) is 5.56 Å². The second-order valence-electron chi connectivity index (χ2n) is 5.30. The van der Waals surface area contributed by atoms with Gasteiger partial charge in [-0.1, -0.05) is 60.2 Å². The first-order valence-electron chi connectivity index (χ1n) is 6.99. The Bertz CT molecular complexity index is 646. The van der Waals surface area contributed by atoms with Crippen LogP contribution in [0.4, 0.5) is 26.3 Å². The molecule has 0 fully saturated rings. The topological polar surface area (TPSA) is 9.23 Å². The molecule has 1 nitrogen and oxygen atoms in total. The summed E-state index contributed by atoms with van der Waals surface area (Å²) in [6, 6.07) is 11.3. The average Bonchev–Trinajstić information content (AvgIpc) is 2.48. The molecule has 0 saturated carbocycles. The summed E-state index contributed by atoms with van der Waals surface area (Å²) in [4.78, 5) is 0. The molecular weight excluding hydrogens is 334 g/mol. The Morgan fingerprint density at radius 3 is 1.50 bits per heavy atom. The van der Waals surface area contributed by atoms with Gasteiger partial charge in [-0.05, 0) is 18.1 Å². The molecule has 0 aromatic heterocycles. The van der Waals surface area contributed by atoms with E-state index in [4.69, 9.17) is 0 Å². The minimum absolute atomic E-state index is 0.377. The maximum atomic E-state index is 13.3. The standard InChI is InChI=1S/C17H14F6O/c1-11-7-9-13(10-8-11)15(17(21,22)23)24-14(16(18,19)20)12-5-3-2-4-6-12/h2-10,14-15H,1H3. The lowest BCUT2D eigenvalue weighted by Gasteiger charge is -2.28. The van der Waals surface area contributed by atoms with Crippen LogP contribution in [0.1, 0.15) is 28.9 Å². The summed E-state index contributed by atoms with van der Waals surface area (Å²) in [5.41, 5.74) is -0.0697. The SMILES string of the molecule is Cc1ccc(C(OC(c2ccccc2)C(F)(F)F)C(F)(F)F)cc1. The van der Waals surface area contributed by atoms with Gasteiger partial charge in [-0.3, -0.25) is 0 Å². The molecule has 0 radical (unpaired) electrons. The van der Waals surface area contributed by atoms with E-state index in [1.165, 1.54) is 30.3 Å². The van der Waals surface area contributed by atoms with Crippen LogP contribution in [0.2, 0.25) is 0 Å². The number of halogens is 6. The van der Waals surface area contributed by atoms with Crippen LogP contribution in [0.3, 0.4) is 0 Å². The quantitative estimate of drug-likeness (QED) is 0.623. The number of hydrogen-bond donors (Lipinski definition) is 0. The third kappa shape index (κ3) is 4.50. The summed E-state index contributed by atoms with van der Waals surface area (Å²) >= 11 is 0. The van der Waals surface area contributed by atoms with Gasteiger partial charge in [-0.2, -0.15) is 26.3 Å². The summed E-state index contributed by atoms with van der Waals surface area (Å²) in [5, 5.41) is 0. The summed E-state index contributed by atoms with van der Waals surface area (Å²) < 4.78 is 84.1. The molecule has 0 spiro atoms. The van der Waals surface area contributed by atoms with Crippen molar-refractivity contribution in [1.82, 2.24) is 0 Å². The Kier molecular flexibility index (Phi) is 5.22. The highest BCUT2D eigenvalue weighted by atomic mass is 19.4. The van der Waals surface area contributed by atoms with Gasteiger partial charge in [-0.15, -0.1) is 0 Å². The molecule has 0 amide bonds. The molecule has 2 rings (SSSR count). The van der Waals surface area contributed by atoms with Crippen LogP contribution >= 0.6 is 0 Å². The molecule has 130 valence electrons. The maximum absolute atomic E-state index is 13.3. The molecule has 0 heterocycles. The smallest absolute Gasteiger partial charge is 0.347 e. The van der Waals surface area contributed by atoms with Crippen molar-refractivity contribution in [1.29, 1.82) is 0 Å². The molecule has 2 aromatic carbocycles. The fourth-order valence-electron chi connectivity index (χ4n) is 2.19. The van der Waals surface area contributed by atoms with Crippen molar-refractivity contribution in [2.45, 2.75) is 31.5 Å². The Morgan fingerprint density at radius 1 is 0.667 bits per heavy atom. The lowest BCUT2D eigenvalue weighted by Crippen LogP contribution is -2.31. The molecule has 0 aliphatic carbocycles. The van der Waals surface area contributed by atoms with Crippen molar-refractivity contribution in [3.63, 3.8) is 0 Å². The molecule has 2 aromatic rings. The van der Waals surface area contributed by atoms with E-state index in [1.807, 2.05) is 0 Å². The zero-order valence-electron chi connectivity index (χ0n) is 12.5. The summed E-state index contributed by atoms with van der Waals surface area (Å²) in [5.74, 6) is 0. The third-order valence-corrected chi connectivity index (χ3v) is 3.35. The van der Waals surface area contributed by atoms with Gasteiger partial charge in [0.25, 0.3) is 0 Å². The second-order valence-corrected chi connectivity index (χ2v) is 5.30. The maximum Gasteiger partial charge on any atom is 0.418 e. The Morgan fingerprint density at radius 2 is 1.08 bits per heavy atom. The van der Waals surface area contributed by atoms with Gasteiger partial charge in [0.2, 0.25) is 0 Å². The fraction of sp³-hybridized carbons (Fsp3) is 0.294. The first kappa shape index (κ1) is 18.3. The van der Waals surface area contributed by atoms with Gasteiger partial charge in [-0.25, -0.2) is 0 Å². The molecule has 0 aliphatic heterocycles. The van der Waals surface area contributed by atoms with Crippen LogP contribution in [0.15, 0.2) is 54.6 Å². The molecule has 0 aliphatic rings. The number of benzene rings is 2. The summed E-state index contributed by atoms with van der Waals surface area (Å²) in [7, 11) is 0. The van der Waals surface area contributed by atoms with Gasteiger partial charge in [0.15, 0.2) is 12.2 Å². The molecule has 0 saturated heterocycles. The van der Waals surface area contributed by atoms with Crippen molar-refractivity contribution in [3.05, 3.63) is 71.3 Å². The molecule has 7 heteroatoms. The Hall–Kier alpha value is -2.02. The van der Waals surface area contributed by atoms with E-state index < -0.39 is 24.6 Å². The number of rotatable bonds is 4. The van der Waals surface area contributed by atoms with E-state index in [-0.39, 0.29) is 11.1 Å². The van der Waals surface area contributed by atoms with Crippen LogP contribution in [-0.2, 0) is 4.74 Å². The van der Waals surface area contributed by atoms with Gasteiger partial charge in [0, 0.05) is 0 Å². The van der Waals surface area contributed by atoms with Crippen LogP contribution < -0.4 is 0 Å². The lowest BCUT2D eigenvalue weighted by molar-refractivity contribution is -0.292. The number of ether oxygens (including phenoxy) is 1. The Labute approximate surface area is 134 Å². The highest BCUT2D eigenvalue weighted by Gasteiger charge is 2.50. The fourth-order valence-corrected chi connectivity index (χ4v) is 2.19. The zero-order valence-corrected chi connectivity index (χ0v) is 12.5. The molecule has 24 heavy (non-hydrogen) atoms. The molecule has 2 atom stereocenters. The van der Waals surface area contributed by atoms with Gasteiger partial charge < -0.3 is 4.74 Å². The predicted molar refractivity (Wildman–Crippen MR) is 76.3 cm³/mol. The van der Waals surface area contributed by atoms with Gasteiger partial charge >= 0.3 is 12.4 Å². The zero-order chi connectivity index (χ0) is 18.0. The van der Waals surface area contributed by atoms with Crippen molar-refractivity contribution in [3.8, 4) is 0 Å². The van der Waals surface area contributed by atoms with Crippen LogP contribution in [-0.4, -0.2) is 12.4 Å². The monoisotopic (exact) mass is 348 g/mol. The summed E-state index contributed by atoms with van der Waals surface area (Å²) in [6.45, 7) is 1.66.